The van der Waals surface area contributed by atoms with Gasteiger partial charge in [0.05, 0.1) is 0 Å². The molecule has 122 valence electrons. The van der Waals surface area contributed by atoms with Crippen molar-refractivity contribution in [3.63, 3.8) is 0 Å². The summed E-state index contributed by atoms with van der Waals surface area (Å²) in [6, 6.07) is -0.0458. The molecule has 8 heteroatoms. The minimum absolute atomic E-state index is 0. The molecule has 1 rings (SSSR count). The van der Waals surface area contributed by atoms with E-state index in [0.717, 1.165) is 6.54 Å². The van der Waals surface area contributed by atoms with Crippen molar-refractivity contribution in [1.29, 1.82) is 0 Å². The van der Waals surface area contributed by atoms with Crippen LogP contribution in [0.3, 0.4) is 0 Å². The molecule has 0 aromatic carbocycles. The Bertz CT molecular complexity index is 378. The minimum Gasteiger partial charge on any atom is -0.355 e. The summed E-state index contributed by atoms with van der Waals surface area (Å²) in [5.41, 5.74) is 0. The molecule has 1 aliphatic rings. The molecule has 2 N–H and O–H groups in total. The van der Waals surface area contributed by atoms with E-state index in [0.29, 0.717) is 25.9 Å². The summed E-state index contributed by atoms with van der Waals surface area (Å²) in [6.07, 6.45) is 0.812. The maximum absolute atomic E-state index is 11.6. The first kappa shape index (κ1) is 19.7. The summed E-state index contributed by atoms with van der Waals surface area (Å²) < 4.78 is 0. The monoisotopic (exact) mass is 320 g/mol. The Morgan fingerprint density at radius 2 is 2.05 bits per heavy atom. The van der Waals surface area contributed by atoms with Gasteiger partial charge in [-0.1, -0.05) is 6.92 Å². The normalized spacial score (nSPS) is 16.0. The fourth-order valence-electron chi connectivity index (χ4n) is 2.06. The number of nitrogens with one attached hydrogen (secondary N) is 2. The fourth-order valence-corrected chi connectivity index (χ4v) is 2.06. The highest BCUT2D eigenvalue weighted by molar-refractivity contribution is 6.01. The van der Waals surface area contributed by atoms with Gasteiger partial charge in [0.2, 0.25) is 11.8 Å². The van der Waals surface area contributed by atoms with E-state index in [1.54, 1.807) is 7.05 Å². The SMILES string of the molecule is CCN[C@H](C)CNC(=O)CCCN1C(=O)CN(C)C1=O.Cl. The van der Waals surface area contributed by atoms with Crippen molar-refractivity contribution in [2.24, 2.45) is 0 Å². The number of rotatable bonds is 8. The van der Waals surface area contributed by atoms with Crippen LogP contribution in [0.15, 0.2) is 0 Å². The second kappa shape index (κ2) is 9.57. The summed E-state index contributed by atoms with van der Waals surface area (Å²) in [4.78, 5) is 37.3. The predicted octanol–water partition coefficient (Wildman–Crippen LogP) is 0.197. The Morgan fingerprint density at radius 3 is 2.57 bits per heavy atom. The molecule has 7 nitrogen and oxygen atoms in total. The molecule has 1 aliphatic heterocycles. The van der Waals surface area contributed by atoms with E-state index in [4.69, 9.17) is 0 Å². The molecule has 21 heavy (non-hydrogen) atoms. The van der Waals surface area contributed by atoms with Gasteiger partial charge in [-0.15, -0.1) is 12.4 Å². The molecule has 1 fully saturated rings. The maximum Gasteiger partial charge on any atom is 0.326 e. The van der Waals surface area contributed by atoms with Gasteiger partial charge in [0.15, 0.2) is 0 Å². The Labute approximate surface area is 131 Å². The lowest BCUT2D eigenvalue weighted by molar-refractivity contribution is -0.126. The third-order valence-electron chi connectivity index (χ3n) is 3.17. The fraction of sp³-hybridized carbons (Fsp3) is 0.769. The quantitative estimate of drug-likeness (QED) is 0.626. The first-order chi connectivity index (χ1) is 9.45. The smallest absolute Gasteiger partial charge is 0.326 e. The molecule has 0 saturated carbocycles. The van der Waals surface area contributed by atoms with Crippen LogP contribution in [-0.2, 0) is 9.59 Å². The van der Waals surface area contributed by atoms with Gasteiger partial charge < -0.3 is 15.5 Å². The Kier molecular flexibility index (Phi) is 8.96. The third-order valence-corrected chi connectivity index (χ3v) is 3.17. The zero-order valence-corrected chi connectivity index (χ0v) is 13.7. The van der Waals surface area contributed by atoms with Crippen LogP contribution in [0.2, 0.25) is 0 Å². The Morgan fingerprint density at radius 1 is 1.38 bits per heavy atom. The molecule has 4 amide bonds. The van der Waals surface area contributed by atoms with Gasteiger partial charge in [0.1, 0.15) is 6.54 Å². The van der Waals surface area contributed by atoms with Crippen LogP contribution in [0.5, 0.6) is 0 Å². The number of hydrogen-bond donors (Lipinski definition) is 2. The van der Waals surface area contributed by atoms with Crippen molar-refractivity contribution >= 4 is 30.3 Å². The predicted molar refractivity (Wildman–Crippen MR) is 82.4 cm³/mol. The molecular formula is C13H25ClN4O3. The molecule has 0 spiro atoms. The second-order valence-electron chi connectivity index (χ2n) is 5.05. The zero-order valence-electron chi connectivity index (χ0n) is 12.8. The molecule has 0 aromatic heterocycles. The van der Waals surface area contributed by atoms with Crippen LogP contribution >= 0.6 is 12.4 Å². The van der Waals surface area contributed by atoms with Gasteiger partial charge in [0, 0.05) is 32.6 Å². The lowest BCUT2D eigenvalue weighted by Gasteiger charge is -2.15. The van der Waals surface area contributed by atoms with Crippen molar-refractivity contribution in [2.75, 3.05) is 33.2 Å². The second-order valence-corrected chi connectivity index (χ2v) is 5.05. The van der Waals surface area contributed by atoms with Crippen molar-refractivity contribution in [1.82, 2.24) is 20.4 Å². The van der Waals surface area contributed by atoms with Crippen molar-refractivity contribution < 1.29 is 14.4 Å². The first-order valence-electron chi connectivity index (χ1n) is 7.01. The first-order valence-corrected chi connectivity index (χ1v) is 7.01. The Balaban J connectivity index is 0.00000400. The number of carbonyl (C=O) groups excluding carboxylic acids is 3. The lowest BCUT2D eigenvalue weighted by Crippen LogP contribution is -2.39. The van der Waals surface area contributed by atoms with Crippen LogP contribution in [0, 0.1) is 0 Å². The molecular weight excluding hydrogens is 296 g/mol. The van der Waals surface area contributed by atoms with E-state index in [1.165, 1.54) is 9.80 Å². The third kappa shape index (κ3) is 6.31. The standard InChI is InChI=1S/C13H24N4O3.ClH/c1-4-14-10(2)8-15-11(18)6-5-7-17-12(19)9-16(3)13(17)20;/h10,14H,4-9H2,1-3H3,(H,15,18);1H/t10-;/m1./s1. The number of nitrogens with zero attached hydrogens (tertiary/aromatic N) is 2. The van der Waals surface area contributed by atoms with Gasteiger partial charge in [0.25, 0.3) is 0 Å². The van der Waals surface area contributed by atoms with Crippen LogP contribution in [0.25, 0.3) is 0 Å². The summed E-state index contributed by atoms with van der Waals surface area (Å²) in [5.74, 6) is -0.249. The summed E-state index contributed by atoms with van der Waals surface area (Å²) >= 11 is 0. The van der Waals surface area contributed by atoms with Crippen molar-refractivity contribution in [3.05, 3.63) is 0 Å². The zero-order chi connectivity index (χ0) is 15.1. The maximum atomic E-state index is 11.6. The molecule has 0 unspecified atom stereocenters. The van der Waals surface area contributed by atoms with Gasteiger partial charge in [-0.25, -0.2) is 4.79 Å². The number of urea groups is 1. The van der Waals surface area contributed by atoms with Gasteiger partial charge in [-0.05, 0) is 19.9 Å². The van der Waals surface area contributed by atoms with E-state index in [9.17, 15) is 14.4 Å². The van der Waals surface area contributed by atoms with E-state index < -0.39 is 0 Å². The molecule has 0 aliphatic carbocycles. The van der Waals surface area contributed by atoms with Crippen LogP contribution in [0.4, 0.5) is 4.79 Å². The summed E-state index contributed by atoms with van der Waals surface area (Å²) in [7, 11) is 1.59. The number of amides is 4. The minimum atomic E-state index is -0.281. The molecule has 1 heterocycles. The number of imide groups is 1. The van der Waals surface area contributed by atoms with Crippen LogP contribution in [-0.4, -0.2) is 66.9 Å². The van der Waals surface area contributed by atoms with Crippen LogP contribution < -0.4 is 10.6 Å². The molecule has 1 saturated heterocycles. The summed E-state index contributed by atoms with van der Waals surface area (Å²) in [5, 5.41) is 6.02. The highest BCUT2D eigenvalue weighted by Crippen LogP contribution is 2.08. The summed E-state index contributed by atoms with van der Waals surface area (Å²) in [6.45, 7) is 5.89. The van der Waals surface area contributed by atoms with Gasteiger partial charge >= 0.3 is 6.03 Å². The molecule has 0 aromatic rings. The molecule has 0 radical (unpaired) electrons. The van der Waals surface area contributed by atoms with E-state index in [-0.39, 0.29) is 42.8 Å². The average molecular weight is 321 g/mol. The molecule has 1 atom stereocenters. The van der Waals surface area contributed by atoms with E-state index >= 15 is 0 Å². The van der Waals surface area contributed by atoms with Crippen LogP contribution in [0.1, 0.15) is 26.7 Å². The Hall–Kier alpha value is -1.34. The van der Waals surface area contributed by atoms with Crippen molar-refractivity contribution in [2.45, 2.75) is 32.7 Å². The number of halogens is 1. The highest BCUT2D eigenvalue weighted by atomic mass is 35.5. The number of carbonyl (C=O) groups is 3. The van der Waals surface area contributed by atoms with Gasteiger partial charge in [-0.2, -0.15) is 0 Å². The number of hydrogen-bond acceptors (Lipinski definition) is 4. The topological polar surface area (TPSA) is 81.8 Å². The van der Waals surface area contributed by atoms with E-state index in [1.807, 2.05) is 13.8 Å². The van der Waals surface area contributed by atoms with Crippen molar-refractivity contribution in [3.8, 4) is 0 Å². The van der Waals surface area contributed by atoms with E-state index in [2.05, 4.69) is 10.6 Å². The molecule has 0 bridgehead atoms. The highest BCUT2D eigenvalue weighted by Gasteiger charge is 2.32. The number of likely N-dealkylation sites (N-methyl/N-ethyl adjacent to an activating group) is 2. The van der Waals surface area contributed by atoms with Gasteiger partial charge in [-0.3, -0.25) is 14.5 Å². The average Bonchev–Trinajstić information content (AvgIpc) is 2.63. The lowest BCUT2D eigenvalue weighted by atomic mass is 10.2. The largest absolute Gasteiger partial charge is 0.355 e.